The van der Waals surface area contributed by atoms with Crippen molar-refractivity contribution in [2.24, 2.45) is 0 Å². The first-order valence-corrected chi connectivity index (χ1v) is 8.89. The Kier molecular flexibility index (Phi) is 5.31. The van der Waals surface area contributed by atoms with Gasteiger partial charge in [0.25, 0.3) is 0 Å². The van der Waals surface area contributed by atoms with Crippen molar-refractivity contribution in [2.75, 3.05) is 19.6 Å². The molecule has 1 aliphatic heterocycles. The molecule has 1 heterocycles. The van der Waals surface area contributed by atoms with Crippen LogP contribution in [0.25, 0.3) is 0 Å². The quantitative estimate of drug-likeness (QED) is 0.810. The molecule has 1 fully saturated rings. The van der Waals surface area contributed by atoms with Crippen molar-refractivity contribution in [3.05, 3.63) is 71.3 Å². The van der Waals surface area contributed by atoms with Crippen molar-refractivity contribution < 1.29 is 4.79 Å². The second kappa shape index (κ2) is 7.63. The van der Waals surface area contributed by atoms with Crippen LogP contribution in [-0.2, 0) is 17.6 Å². The van der Waals surface area contributed by atoms with Crippen molar-refractivity contribution in [2.45, 2.75) is 32.9 Å². The number of nitrogens with zero attached hydrogens (tertiary/aromatic N) is 2. The van der Waals surface area contributed by atoms with Gasteiger partial charge in [-0.05, 0) is 36.1 Å². The SMILES string of the molecule is CCc1ccc(C2N(CC)CC(=O)N2CCc2ccccc2)cc1. The van der Waals surface area contributed by atoms with E-state index in [2.05, 4.69) is 67.3 Å². The van der Waals surface area contributed by atoms with Crippen LogP contribution in [0, 0.1) is 0 Å². The number of benzene rings is 2. The van der Waals surface area contributed by atoms with E-state index in [0.717, 1.165) is 25.9 Å². The van der Waals surface area contributed by atoms with Gasteiger partial charge in [0, 0.05) is 6.54 Å². The fourth-order valence-electron chi connectivity index (χ4n) is 3.43. The molecule has 3 nitrogen and oxygen atoms in total. The Morgan fingerprint density at radius 1 is 0.958 bits per heavy atom. The third-order valence-electron chi connectivity index (χ3n) is 4.88. The molecular weight excluding hydrogens is 296 g/mol. The van der Waals surface area contributed by atoms with Crippen LogP contribution in [0.1, 0.15) is 36.7 Å². The maximum atomic E-state index is 12.6. The minimum absolute atomic E-state index is 0.0668. The zero-order valence-corrected chi connectivity index (χ0v) is 14.6. The highest BCUT2D eigenvalue weighted by Crippen LogP contribution is 2.30. The van der Waals surface area contributed by atoms with Gasteiger partial charge in [-0.15, -0.1) is 0 Å². The third-order valence-corrected chi connectivity index (χ3v) is 4.88. The molecule has 2 aromatic carbocycles. The molecule has 1 aliphatic rings. The Morgan fingerprint density at radius 3 is 2.29 bits per heavy atom. The minimum atomic E-state index is 0.0668. The summed E-state index contributed by atoms with van der Waals surface area (Å²) in [4.78, 5) is 16.9. The Morgan fingerprint density at radius 2 is 1.67 bits per heavy atom. The number of hydrogen-bond donors (Lipinski definition) is 0. The highest BCUT2D eigenvalue weighted by atomic mass is 16.2. The molecule has 2 aromatic rings. The first kappa shape index (κ1) is 16.7. The summed E-state index contributed by atoms with van der Waals surface area (Å²) < 4.78 is 0. The minimum Gasteiger partial charge on any atom is -0.321 e. The molecule has 0 saturated carbocycles. The molecule has 0 aromatic heterocycles. The predicted octanol–water partition coefficient (Wildman–Crippen LogP) is 3.65. The summed E-state index contributed by atoms with van der Waals surface area (Å²) in [6.45, 7) is 6.46. The van der Waals surface area contributed by atoms with Crippen LogP contribution >= 0.6 is 0 Å². The third kappa shape index (κ3) is 3.51. The second-order valence-corrected chi connectivity index (χ2v) is 6.35. The van der Waals surface area contributed by atoms with Crippen molar-refractivity contribution in [1.82, 2.24) is 9.80 Å². The van der Waals surface area contributed by atoms with E-state index in [1.165, 1.54) is 16.7 Å². The van der Waals surface area contributed by atoms with Gasteiger partial charge in [-0.3, -0.25) is 9.69 Å². The van der Waals surface area contributed by atoms with Crippen LogP contribution in [0.5, 0.6) is 0 Å². The van der Waals surface area contributed by atoms with Crippen LogP contribution in [-0.4, -0.2) is 35.3 Å². The van der Waals surface area contributed by atoms with Crippen LogP contribution in [0.15, 0.2) is 54.6 Å². The lowest BCUT2D eigenvalue weighted by Crippen LogP contribution is -2.33. The summed E-state index contributed by atoms with van der Waals surface area (Å²) in [5.41, 5.74) is 3.83. The number of carbonyl (C=O) groups excluding carboxylic acids is 1. The average Bonchev–Trinajstić information content (AvgIpc) is 2.96. The molecular formula is C21H26N2O. The summed E-state index contributed by atoms with van der Waals surface area (Å²) in [5, 5.41) is 0. The fourth-order valence-corrected chi connectivity index (χ4v) is 3.43. The summed E-state index contributed by atoms with van der Waals surface area (Å²) in [6.07, 6.45) is 2.00. The highest BCUT2D eigenvalue weighted by molar-refractivity contribution is 5.81. The Hall–Kier alpha value is -2.13. The Balaban J connectivity index is 1.80. The van der Waals surface area contributed by atoms with Crippen molar-refractivity contribution in [3.63, 3.8) is 0 Å². The first-order chi connectivity index (χ1) is 11.7. The van der Waals surface area contributed by atoms with Gasteiger partial charge in [-0.1, -0.05) is 68.4 Å². The van der Waals surface area contributed by atoms with Crippen molar-refractivity contribution >= 4 is 5.91 Å². The molecule has 0 N–H and O–H groups in total. The van der Waals surface area contributed by atoms with Gasteiger partial charge in [0.1, 0.15) is 6.17 Å². The number of carbonyl (C=O) groups is 1. The first-order valence-electron chi connectivity index (χ1n) is 8.89. The number of hydrogen-bond acceptors (Lipinski definition) is 2. The van der Waals surface area contributed by atoms with E-state index in [9.17, 15) is 4.79 Å². The van der Waals surface area contributed by atoms with Crippen molar-refractivity contribution in [1.29, 1.82) is 0 Å². The zero-order valence-electron chi connectivity index (χ0n) is 14.6. The molecule has 1 unspecified atom stereocenters. The van der Waals surface area contributed by atoms with Gasteiger partial charge in [0.05, 0.1) is 6.54 Å². The number of aryl methyl sites for hydroxylation is 1. The summed E-state index contributed by atoms with van der Waals surface area (Å²) in [6, 6.07) is 19.1. The van der Waals surface area contributed by atoms with Crippen LogP contribution in [0.3, 0.4) is 0 Å². The summed E-state index contributed by atoms with van der Waals surface area (Å²) >= 11 is 0. The largest absolute Gasteiger partial charge is 0.321 e. The molecule has 126 valence electrons. The monoisotopic (exact) mass is 322 g/mol. The standard InChI is InChI=1S/C21H26N2O/c1-3-17-10-12-19(13-11-17)21-22(4-2)16-20(24)23(21)15-14-18-8-6-5-7-9-18/h5-13,21H,3-4,14-16H2,1-2H3. The fraction of sp³-hybridized carbons (Fsp3) is 0.381. The lowest BCUT2D eigenvalue weighted by atomic mass is 10.1. The van der Waals surface area contributed by atoms with Gasteiger partial charge in [-0.2, -0.15) is 0 Å². The van der Waals surface area contributed by atoms with E-state index in [1.807, 2.05) is 11.0 Å². The molecule has 0 bridgehead atoms. The Bertz CT molecular complexity index is 666. The van der Waals surface area contributed by atoms with E-state index in [-0.39, 0.29) is 12.1 Å². The van der Waals surface area contributed by atoms with E-state index >= 15 is 0 Å². The lowest BCUT2D eigenvalue weighted by molar-refractivity contribution is -0.128. The summed E-state index contributed by atoms with van der Waals surface area (Å²) in [5.74, 6) is 0.234. The molecule has 24 heavy (non-hydrogen) atoms. The molecule has 1 amide bonds. The predicted molar refractivity (Wildman–Crippen MR) is 97.7 cm³/mol. The highest BCUT2D eigenvalue weighted by Gasteiger charge is 2.37. The zero-order chi connectivity index (χ0) is 16.9. The van der Waals surface area contributed by atoms with Crippen LogP contribution in [0.2, 0.25) is 0 Å². The molecule has 0 spiro atoms. The molecule has 3 heteroatoms. The molecule has 1 saturated heterocycles. The molecule has 1 atom stereocenters. The van der Waals surface area contributed by atoms with Gasteiger partial charge in [-0.25, -0.2) is 0 Å². The molecule has 3 rings (SSSR count). The smallest absolute Gasteiger partial charge is 0.238 e. The number of amides is 1. The topological polar surface area (TPSA) is 23.6 Å². The van der Waals surface area contributed by atoms with Gasteiger partial charge >= 0.3 is 0 Å². The van der Waals surface area contributed by atoms with E-state index in [4.69, 9.17) is 0 Å². The maximum absolute atomic E-state index is 12.6. The van der Waals surface area contributed by atoms with E-state index in [0.29, 0.717) is 6.54 Å². The Labute approximate surface area is 144 Å². The van der Waals surface area contributed by atoms with E-state index in [1.54, 1.807) is 0 Å². The van der Waals surface area contributed by atoms with Gasteiger partial charge in [0.2, 0.25) is 5.91 Å². The number of likely N-dealkylation sites (N-methyl/N-ethyl adjacent to an activating group) is 1. The van der Waals surface area contributed by atoms with Gasteiger partial charge < -0.3 is 4.90 Å². The molecule has 0 radical (unpaired) electrons. The average molecular weight is 322 g/mol. The maximum Gasteiger partial charge on any atom is 0.238 e. The van der Waals surface area contributed by atoms with Crippen molar-refractivity contribution in [3.8, 4) is 0 Å². The van der Waals surface area contributed by atoms with Gasteiger partial charge in [0.15, 0.2) is 0 Å². The second-order valence-electron chi connectivity index (χ2n) is 6.35. The number of rotatable bonds is 6. The normalized spacial score (nSPS) is 18.3. The van der Waals surface area contributed by atoms with Crippen LogP contribution in [0.4, 0.5) is 0 Å². The van der Waals surface area contributed by atoms with E-state index < -0.39 is 0 Å². The van der Waals surface area contributed by atoms with Crippen LogP contribution < -0.4 is 0 Å². The lowest BCUT2D eigenvalue weighted by Gasteiger charge is -2.30. The summed E-state index contributed by atoms with van der Waals surface area (Å²) in [7, 11) is 0. The molecule has 0 aliphatic carbocycles.